The van der Waals surface area contributed by atoms with Crippen LogP contribution in [0.1, 0.15) is 12.0 Å². The Labute approximate surface area is 162 Å². The zero-order chi connectivity index (χ0) is 19.3. The molecule has 1 saturated heterocycles. The first kappa shape index (κ1) is 18.2. The van der Waals surface area contributed by atoms with Crippen LogP contribution in [0.2, 0.25) is 0 Å². The van der Waals surface area contributed by atoms with Crippen LogP contribution in [0.4, 0.5) is 0 Å². The summed E-state index contributed by atoms with van der Waals surface area (Å²) in [5.41, 5.74) is 1.54. The van der Waals surface area contributed by atoms with Crippen LogP contribution in [-0.4, -0.2) is 61.9 Å². The number of aryl methyl sites for hydroxylation is 1. The molecule has 3 aromatic rings. The summed E-state index contributed by atoms with van der Waals surface area (Å²) in [7, 11) is 0. The van der Waals surface area contributed by atoms with Crippen molar-refractivity contribution in [3.8, 4) is 0 Å². The van der Waals surface area contributed by atoms with Gasteiger partial charge in [-0.25, -0.2) is 4.68 Å². The van der Waals surface area contributed by atoms with Gasteiger partial charge in [0, 0.05) is 51.5 Å². The van der Waals surface area contributed by atoms with Gasteiger partial charge in [0.2, 0.25) is 5.91 Å². The zero-order valence-electron chi connectivity index (χ0n) is 15.6. The molecule has 8 heteroatoms. The van der Waals surface area contributed by atoms with Crippen molar-refractivity contribution in [3.63, 3.8) is 0 Å². The number of aromatic nitrogens is 4. The largest absolute Gasteiger partial charge is 0.340 e. The summed E-state index contributed by atoms with van der Waals surface area (Å²) in [5.74, 6) is 0.0443. The third-order valence-electron chi connectivity index (χ3n) is 5.02. The van der Waals surface area contributed by atoms with E-state index in [1.807, 2.05) is 23.2 Å². The third kappa shape index (κ3) is 4.07. The van der Waals surface area contributed by atoms with E-state index in [0.717, 1.165) is 19.6 Å². The molecule has 0 spiro atoms. The summed E-state index contributed by atoms with van der Waals surface area (Å²) in [6.45, 7) is 4.13. The number of piperazine rings is 1. The summed E-state index contributed by atoms with van der Waals surface area (Å²) in [6.07, 6.45) is 3.89. The summed E-state index contributed by atoms with van der Waals surface area (Å²) < 4.78 is 1.28. The number of hydrogen-bond acceptors (Lipinski definition) is 6. The highest BCUT2D eigenvalue weighted by Crippen LogP contribution is 2.09. The molecule has 8 nitrogen and oxygen atoms in total. The minimum atomic E-state index is -0.209. The highest BCUT2D eigenvalue weighted by Gasteiger charge is 2.21. The summed E-state index contributed by atoms with van der Waals surface area (Å²) in [6, 6.07) is 11.1. The van der Waals surface area contributed by atoms with Crippen LogP contribution in [0.15, 0.2) is 53.6 Å². The second-order valence-corrected chi connectivity index (χ2v) is 6.90. The second kappa shape index (κ2) is 8.26. The van der Waals surface area contributed by atoms with Gasteiger partial charge >= 0.3 is 0 Å². The molecule has 1 fully saturated rings. The Morgan fingerprint density at radius 3 is 2.64 bits per heavy atom. The van der Waals surface area contributed by atoms with Crippen molar-refractivity contribution in [1.29, 1.82) is 0 Å². The third-order valence-corrected chi connectivity index (χ3v) is 5.02. The van der Waals surface area contributed by atoms with E-state index in [1.54, 1.807) is 24.4 Å². The highest BCUT2D eigenvalue weighted by atomic mass is 16.2. The minimum absolute atomic E-state index is 0.0443. The molecule has 1 aliphatic rings. The van der Waals surface area contributed by atoms with Crippen LogP contribution in [0.25, 0.3) is 10.9 Å². The molecule has 0 atom stereocenters. The Bertz CT molecular complexity index is 1010. The Morgan fingerprint density at radius 1 is 1.04 bits per heavy atom. The highest BCUT2D eigenvalue weighted by molar-refractivity contribution is 5.77. The Morgan fingerprint density at radius 2 is 1.86 bits per heavy atom. The van der Waals surface area contributed by atoms with Crippen molar-refractivity contribution in [3.05, 3.63) is 64.7 Å². The van der Waals surface area contributed by atoms with Crippen LogP contribution >= 0.6 is 0 Å². The molecule has 0 saturated carbocycles. The Balaban J connectivity index is 1.30. The molecule has 0 bridgehead atoms. The van der Waals surface area contributed by atoms with E-state index in [-0.39, 0.29) is 24.4 Å². The van der Waals surface area contributed by atoms with Crippen LogP contribution in [-0.2, 0) is 17.9 Å². The van der Waals surface area contributed by atoms with Crippen LogP contribution in [0, 0.1) is 0 Å². The van der Waals surface area contributed by atoms with Crippen LogP contribution in [0.3, 0.4) is 0 Å². The fraction of sp³-hybridized carbons (Fsp3) is 0.350. The molecule has 1 aromatic carbocycles. The van der Waals surface area contributed by atoms with E-state index < -0.39 is 0 Å². The number of nitrogens with zero attached hydrogens (tertiary/aromatic N) is 6. The summed E-state index contributed by atoms with van der Waals surface area (Å²) in [5, 5.41) is 8.53. The molecule has 3 heterocycles. The monoisotopic (exact) mass is 378 g/mol. The van der Waals surface area contributed by atoms with Gasteiger partial charge in [0.05, 0.1) is 11.9 Å². The van der Waals surface area contributed by atoms with Crippen molar-refractivity contribution in [2.24, 2.45) is 0 Å². The molecule has 28 heavy (non-hydrogen) atoms. The first-order valence-corrected chi connectivity index (χ1v) is 9.42. The van der Waals surface area contributed by atoms with Gasteiger partial charge in [-0.2, -0.15) is 0 Å². The number of fused-ring (bicyclic) bond motifs is 1. The van der Waals surface area contributed by atoms with Crippen molar-refractivity contribution >= 4 is 16.8 Å². The van der Waals surface area contributed by atoms with Crippen molar-refractivity contribution < 1.29 is 4.79 Å². The van der Waals surface area contributed by atoms with Gasteiger partial charge in [0.25, 0.3) is 5.56 Å². The van der Waals surface area contributed by atoms with Gasteiger partial charge in [0.15, 0.2) is 0 Å². The number of benzene rings is 1. The first-order chi connectivity index (χ1) is 13.7. The molecule has 0 radical (unpaired) electrons. The smallest absolute Gasteiger partial charge is 0.277 e. The number of pyridine rings is 1. The fourth-order valence-corrected chi connectivity index (χ4v) is 3.43. The molecule has 0 N–H and O–H groups in total. The number of carbonyl (C=O) groups is 1. The molecule has 0 aliphatic carbocycles. The lowest BCUT2D eigenvalue weighted by molar-refractivity contribution is -0.133. The van der Waals surface area contributed by atoms with Crippen LogP contribution in [0.5, 0.6) is 0 Å². The topological polar surface area (TPSA) is 84.2 Å². The molecule has 4 rings (SSSR count). The minimum Gasteiger partial charge on any atom is -0.340 e. The lowest BCUT2D eigenvalue weighted by Crippen LogP contribution is -2.48. The summed E-state index contributed by atoms with van der Waals surface area (Å²) >= 11 is 0. The number of amides is 1. The zero-order valence-corrected chi connectivity index (χ0v) is 15.6. The van der Waals surface area contributed by atoms with E-state index in [2.05, 4.69) is 26.3 Å². The van der Waals surface area contributed by atoms with Crippen molar-refractivity contribution in [2.75, 3.05) is 26.2 Å². The second-order valence-electron chi connectivity index (χ2n) is 6.90. The van der Waals surface area contributed by atoms with Crippen molar-refractivity contribution in [2.45, 2.75) is 19.5 Å². The fourth-order valence-electron chi connectivity index (χ4n) is 3.43. The van der Waals surface area contributed by atoms with Crippen molar-refractivity contribution in [1.82, 2.24) is 29.8 Å². The molecule has 2 aromatic heterocycles. The summed E-state index contributed by atoms with van der Waals surface area (Å²) in [4.78, 5) is 33.3. The maximum Gasteiger partial charge on any atom is 0.277 e. The predicted octanol–water partition coefficient (Wildman–Crippen LogP) is 0.921. The van der Waals surface area contributed by atoms with Gasteiger partial charge < -0.3 is 4.90 Å². The molecule has 1 aliphatic heterocycles. The van der Waals surface area contributed by atoms with Gasteiger partial charge in [-0.15, -0.1) is 5.10 Å². The van der Waals surface area contributed by atoms with E-state index in [0.29, 0.717) is 24.0 Å². The SMILES string of the molecule is O=C(CCn1nnc2ccccc2c1=O)N1CCN(Cc2cccnc2)CC1. The maximum absolute atomic E-state index is 12.5. The standard InChI is InChI=1S/C20H22N6O2/c27-19(7-9-26-20(28)17-5-1-2-6-18(17)22-23-26)25-12-10-24(11-13-25)15-16-4-3-8-21-14-16/h1-6,8,14H,7,9-13,15H2. The number of carbonyl (C=O) groups excluding carboxylic acids is 1. The van der Waals surface area contributed by atoms with E-state index in [1.165, 1.54) is 10.2 Å². The van der Waals surface area contributed by atoms with Gasteiger partial charge in [0.1, 0.15) is 5.52 Å². The van der Waals surface area contributed by atoms with E-state index in [9.17, 15) is 9.59 Å². The quantitative estimate of drug-likeness (QED) is 0.657. The van der Waals surface area contributed by atoms with Crippen LogP contribution < -0.4 is 5.56 Å². The first-order valence-electron chi connectivity index (χ1n) is 9.42. The van der Waals surface area contributed by atoms with E-state index in [4.69, 9.17) is 0 Å². The lowest BCUT2D eigenvalue weighted by atomic mass is 10.2. The Hall–Kier alpha value is -3.13. The number of hydrogen-bond donors (Lipinski definition) is 0. The molecular formula is C20H22N6O2. The average molecular weight is 378 g/mol. The molecule has 0 unspecified atom stereocenters. The van der Waals surface area contributed by atoms with Gasteiger partial charge in [-0.05, 0) is 23.8 Å². The van der Waals surface area contributed by atoms with E-state index >= 15 is 0 Å². The lowest BCUT2D eigenvalue weighted by Gasteiger charge is -2.34. The predicted molar refractivity (Wildman–Crippen MR) is 105 cm³/mol. The average Bonchev–Trinajstić information content (AvgIpc) is 2.74. The normalized spacial score (nSPS) is 15.1. The Kier molecular flexibility index (Phi) is 5.38. The maximum atomic E-state index is 12.5. The van der Waals surface area contributed by atoms with Gasteiger partial charge in [-0.3, -0.25) is 19.5 Å². The molecule has 1 amide bonds. The number of rotatable bonds is 5. The molecule has 144 valence electrons. The van der Waals surface area contributed by atoms with Gasteiger partial charge in [-0.1, -0.05) is 23.4 Å². The molecular weight excluding hydrogens is 356 g/mol.